The molecule has 3 heterocycles. The number of primary amides is 1. The molecule has 33 heavy (non-hydrogen) atoms. The summed E-state index contributed by atoms with van der Waals surface area (Å²) in [4.78, 5) is 29.7. The zero-order valence-corrected chi connectivity index (χ0v) is 19.4. The number of hydrogen-bond donors (Lipinski definition) is 2. The molecule has 3 aromatic rings. The van der Waals surface area contributed by atoms with E-state index >= 15 is 0 Å². The lowest BCUT2D eigenvalue weighted by atomic mass is 9.90. The second-order valence-electron chi connectivity index (χ2n) is 8.13. The van der Waals surface area contributed by atoms with Gasteiger partial charge in [-0.1, -0.05) is 0 Å². The largest absolute Gasteiger partial charge is 0.477 e. The van der Waals surface area contributed by atoms with E-state index in [1.807, 2.05) is 18.4 Å². The number of nitrogens with zero attached hydrogens (tertiary/aromatic N) is 4. The molecule has 0 bridgehead atoms. The number of hydrogen-bond acceptors (Lipinski definition) is 9. The number of thiazole rings is 1. The summed E-state index contributed by atoms with van der Waals surface area (Å²) >= 11 is 1.23. The maximum atomic E-state index is 12.3. The highest BCUT2D eigenvalue weighted by molar-refractivity contribution is 7.93. The third kappa shape index (κ3) is 4.15. The lowest BCUT2D eigenvalue weighted by Crippen LogP contribution is -2.22. The fourth-order valence-corrected chi connectivity index (χ4v) is 6.19. The molecule has 2 saturated carbocycles. The number of carbonyl (C=O) groups excluding carboxylic acids is 1. The van der Waals surface area contributed by atoms with Crippen LogP contribution in [0.4, 0.5) is 5.13 Å². The van der Waals surface area contributed by atoms with Gasteiger partial charge in [-0.05, 0) is 44.2 Å². The van der Waals surface area contributed by atoms with Gasteiger partial charge in [0, 0.05) is 22.6 Å². The number of pyridine rings is 1. The van der Waals surface area contributed by atoms with Gasteiger partial charge in [0.25, 0.3) is 5.91 Å². The number of ether oxygens (including phenoxy) is 1. The Labute approximate surface area is 194 Å². The lowest BCUT2D eigenvalue weighted by Gasteiger charge is -2.17. The summed E-state index contributed by atoms with van der Waals surface area (Å²) in [5.41, 5.74) is 7.81. The van der Waals surface area contributed by atoms with E-state index in [4.69, 9.17) is 10.5 Å². The van der Waals surface area contributed by atoms with Gasteiger partial charge in [0.1, 0.15) is 5.69 Å². The molecular formula is C21H22N6O4S2. The smallest absolute Gasteiger partial charge is 0.267 e. The van der Waals surface area contributed by atoms with Gasteiger partial charge in [-0.3, -0.25) is 19.5 Å². The van der Waals surface area contributed by atoms with E-state index < -0.39 is 21.3 Å². The van der Waals surface area contributed by atoms with E-state index in [0.29, 0.717) is 53.0 Å². The van der Waals surface area contributed by atoms with Crippen LogP contribution in [0.3, 0.4) is 0 Å². The number of amides is 1. The van der Waals surface area contributed by atoms with Crippen molar-refractivity contribution in [2.24, 2.45) is 5.73 Å². The molecule has 2 fully saturated rings. The zero-order chi connectivity index (χ0) is 23.2. The first-order valence-corrected chi connectivity index (χ1v) is 13.0. The van der Waals surface area contributed by atoms with Gasteiger partial charge < -0.3 is 10.5 Å². The summed E-state index contributed by atoms with van der Waals surface area (Å²) in [5.74, 6) is -0.245. The molecule has 0 radical (unpaired) electrons. The van der Waals surface area contributed by atoms with Crippen molar-refractivity contribution in [3.63, 3.8) is 0 Å². The first-order valence-electron chi connectivity index (χ1n) is 10.6. The molecule has 3 aromatic heterocycles. The summed E-state index contributed by atoms with van der Waals surface area (Å²) in [7, 11) is -3.41. The van der Waals surface area contributed by atoms with Crippen molar-refractivity contribution in [1.29, 1.82) is 0 Å². The van der Waals surface area contributed by atoms with E-state index in [2.05, 4.69) is 24.7 Å². The highest BCUT2D eigenvalue weighted by atomic mass is 32.2. The SMILES string of the molecule is CCOc1cncc(-c2cnc(C(N)=O)c(C3(c4csc(NS(=O)(=O)C5CC5)n4)CC3)c2)n1. The summed E-state index contributed by atoms with van der Waals surface area (Å²) in [6.07, 6.45) is 7.48. The Morgan fingerprint density at radius 2 is 2.06 bits per heavy atom. The second kappa shape index (κ2) is 8.03. The van der Waals surface area contributed by atoms with Crippen LogP contribution in [0.15, 0.2) is 30.0 Å². The van der Waals surface area contributed by atoms with Gasteiger partial charge in [-0.25, -0.2) is 18.4 Å². The normalized spacial score (nSPS) is 16.9. The summed E-state index contributed by atoms with van der Waals surface area (Å²) in [6, 6.07) is 1.84. The molecular weight excluding hydrogens is 464 g/mol. The molecule has 0 aromatic carbocycles. The average molecular weight is 487 g/mol. The van der Waals surface area contributed by atoms with E-state index in [1.165, 1.54) is 23.7 Å². The maximum absolute atomic E-state index is 12.3. The molecule has 1 amide bonds. The van der Waals surface area contributed by atoms with Crippen molar-refractivity contribution in [3.05, 3.63) is 47.0 Å². The fraction of sp³-hybridized carbons (Fsp3) is 0.381. The standard InChI is InChI=1S/C21H22N6O4S2/c1-2-31-17-10-23-9-15(25-17)12-7-14(18(19(22)28)24-8-12)21(5-6-21)16-11-32-20(26-16)27-33(29,30)13-3-4-13/h7-11,13H,2-6H2,1H3,(H2,22,28)(H,26,27). The zero-order valence-electron chi connectivity index (χ0n) is 17.8. The fourth-order valence-electron chi connectivity index (χ4n) is 3.78. The minimum absolute atomic E-state index is 0.165. The third-order valence-electron chi connectivity index (χ3n) is 5.77. The molecule has 2 aliphatic carbocycles. The number of carbonyl (C=O) groups is 1. The minimum Gasteiger partial charge on any atom is -0.477 e. The molecule has 0 spiro atoms. The summed E-state index contributed by atoms with van der Waals surface area (Å²) in [6.45, 7) is 2.32. The van der Waals surface area contributed by atoms with Crippen molar-refractivity contribution in [3.8, 4) is 17.1 Å². The van der Waals surface area contributed by atoms with Gasteiger partial charge in [0.15, 0.2) is 5.13 Å². The summed E-state index contributed by atoms with van der Waals surface area (Å²) < 4.78 is 32.6. The molecule has 12 heteroatoms. The molecule has 5 rings (SSSR count). The Morgan fingerprint density at radius 3 is 2.73 bits per heavy atom. The predicted octanol–water partition coefficient (Wildman–Crippen LogP) is 2.48. The summed E-state index contributed by atoms with van der Waals surface area (Å²) in [5, 5.41) is 1.81. The Kier molecular flexibility index (Phi) is 5.28. The maximum Gasteiger partial charge on any atom is 0.267 e. The van der Waals surface area contributed by atoms with Gasteiger partial charge in [-0.2, -0.15) is 0 Å². The topological polar surface area (TPSA) is 150 Å². The Bertz CT molecular complexity index is 1330. The van der Waals surface area contributed by atoms with Crippen LogP contribution >= 0.6 is 11.3 Å². The minimum atomic E-state index is -3.41. The highest BCUT2D eigenvalue weighted by Crippen LogP contribution is 2.55. The van der Waals surface area contributed by atoms with Crippen LogP contribution in [0.25, 0.3) is 11.3 Å². The van der Waals surface area contributed by atoms with Crippen molar-refractivity contribution in [1.82, 2.24) is 19.9 Å². The lowest BCUT2D eigenvalue weighted by molar-refractivity contribution is 0.0994. The molecule has 0 atom stereocenters. The van der Waals surface area contributed by atoms with Crippen LogP contribution in [0, 0.1) is 0 Å². The number of rotatable bonds is 9. The molecule has 0 saturated heterocycles. The van der Waals surface area contributed by atoms with Crippen molar-refractivity contribution < 1.29 is 17.9 Å². The van der Waals surface area contributed by atoms with Gasteiger partial charge in [0.2, 0.25) is 15.9 Å². The van der Waals surface area contributed by atoms with E-state index in [-0.39, 0.29) is 10.9 Å². The monoisotopic (exact) mass is 486 g/mol. The van der Waals surface area contributed by atoms with Crippen molar-refractivity contribution >= 4 is 32.4 Å². The van der Waals surface area contributed by atoms with Gasteiger partial charge in [0.05, 0.1) is 35.6 Å². The average Bonchev–Trinajstić information content (AvgIpc) is 3.72. The van der Waals surface area contributed by atoms with Crippen LogP contribution < -0.4 is 15.2 Å². The Morgan fingerprint density at radius 1 is 1.27 bits per heavy atom. The molecule has 172 valence electrons. The third-order valence-corrected chi connectivity index (χ3v) is 8.49. The van der Waals surface area contributed by atoms with Crippen LogP contribution in [-0.4, -0.2) is 46.1 Å². The molecule has 0 unspecified atom stereocenters. The number of nitrogens with one attached hydrogen (secondary N) is 1. The van der Waals surface area contributed by atoms with E-state index in [9.17, 15) is 13.2 Å². The number of sulfonamides is 1. The van der Waals surface area contributed by atoms with Crippen molar-refractivity contribution in [2.75, 3.05) is 11.3 Å². The van der Waals surface area contributed by atoms with Crippen LogP contribution in [0.5, 0.6) is 5.88 Å². The van der Waals surface area contributed by atoms with Crippen LogP contribution in [-0.2, 0) is 15.4 Å². The second-order valence-corrected chi connectivity index (χ2v) is 10.9. The van der Waals surface area contributed by atoms with Gasteiger partial charge in [-0.15, -0.1) is 11.3 Å². The predicted molar refractivity (Wildman–Crippen MR) is 123 cm³/mol. The van der Waals surface area contributed by atoms with Crippen LogP contribution in [0.1, 0.15) is 54.4 Å². The molecule has 2 aliphatic rings. The molecule has 0 aliphatic heterocycles. The Balaban J connectivity index is 1.52. The van der Waals surface area contributed by atoms with Crippen molar-refractivity contribution in [2.45, 2.75) is 43.3 Å². The van der Waals surface area contributed by atoms with Gasteiger partial charge >= 0.3 is 0 Å². The van der Waals surface area contributed by atoms with Crippen LogP contribution in [0.2, 0.25) is 0 Å². The number of aromatic nitrogens is 4. The first-order chi connectivity index (χ1) is 15.8. The van der Waals surface area contributed by atoms with E-state index in [0.717, 1.165) is 12.8 Å². The van der Waals surface area contributed by atoms with E-state index in [1.54, 1.807) is 6.20 Å². The first kappa shape index (κ1) is 21.7. The highest BCUT2D eigenvalue weighted by Gasteiger charge is 2.50. The quantitative estimate of drug-likeness (QED) is 0.468. The molecule has 3 N–H and O–H groups in total. The number of anilines is 1. The Hall–Kier alpha value is -3.12. The molecule has 10 nitrogen and oxygen atoms in total. The number of nitrogens with two attached hydrogens (primary N) is 1.